The van der Waals surface area contributed by atoms with Gasteiger partial charge in [0.1, 0.15) is 11.5 Å². The van der Waals surface area contributed by atoms with E-state index in [0.717, 1.165) is 11.1 Å². The van der Waals surface area contributed by atoms with E-state index in [-0.39, 0.29) is 29.9 Å². The first-order valence-corrected chi connectivity index (χ1v) is 9.71. The Labute approximate surface area is 180 Å². The largest absolute Gasteiger partial charge is 0.507 e. The molecule has 3 N–H and O–H groups in total. The minimum Gasteiger partial charge on any atom is -0.507 e. The number of para-hydroxylation sites is 1. The Morgan fingerprint density at radius 3 is 2.39 bits per heavy atom. The number of hydrazone groups is 1. The van der Waals surface area contributed by atoms with Crippen LogP contribution in [-0.2, 0) is 4.79 Å². The monoisotopic (exact) mass is 417 g/mol. The molecule has 0 saturated carbocycles. The van der Waals surface area contributed by atoms with Gasteiger partial charge in [-0.2, -0.15) is 5.10 Å². The highest BCUT2D eigenvalue weighted by atomic mass is 16.5. The minimum absolute atomic E-state index is 0.0960. The number of amides is 2. The number of benzene rings is 3. The van der Waals surface area contributed by atoms with Gasteiger partial charge < -0.3 is 15.2 Å². The van der Waals surface area contributed by atoms with Crippen molar-refractivity contribution >= 4 is 18.0 Å². The summed E-state index contributed by atoms with van der Waals surface area (Å²) in [7, 11) is 0. The molecule has 3 aromatic rings. The smallest absolute Gasteiger partial charge is 0.275 e. The first-order valence-electron chi connectivity index (χ1n) is 9.71. The standard InChI is InChI=1S/C24H23N3O4/c1-17(19-7-3-2-4-8-19)26-23(29)16-31-20-13-11-18(12-14-20)15-25-27-24(30)21-9-5-6-10-22(21)28/h2-15,17,28H,16H2,1H3,(H,26,29)(H,27,30)/b25-15-/t17-/m0/s1. The molecule has 0 spiro atoms. The molecule has 3 aromatic carbocycles. The van der Waals surface area contributed by atoms with Crippen molar-refractivity contribution in [3.05, 3.63) is 95.6 Å². The number of carbonyl (C=O) groups excluding carboxylic acids is 2. The van der Waals surface area contributed by atoms with Crippen molar-refractivity contribution in [2.24, 2.45) is 5.10 Å². The fourth-order valence-corrected chi connectivity index (χ4v) is 2.80. The zero-order chi connectivity index (χ0) is 22.1. The summed E-state index contributed by atoms with van der Waals surface area (Å²) in [6.07, 6.45) is 1.47. The van der Waals surface area contributed by atoms with Crippen molar-refractivity contribution in [3.63, 3.8) is 0 Å². The lowest BCUT2D eigenvalue weighted by atomic mass is 10.1. The molecular weight excluding hydrogens is 394 g/mol. The van der Waals surface area contributed by atoms with Crippen LogP contribution < -0.4 is 15.5 Å². The van der Waals surface area contributed by atoms with Crippen LogP contribution in [0, 0.1) is 0 Å². The summed E-state index contributed by atoms with van der Waals surface area (Å²) < 4.78 is 5.52. The lowest BCUT2D eigenvalue weighted by Crippen LogP contribution is -2.31. The summed E-state index contributed by atoms with van der Waals surface area (Å²) in [6, 6.07) is 22.7. The van der Waals surface area contributed by atoms with Crippen LogP contribution in [0.1, 0.15) is 34.5 Å². The third-order valence-corrected chi connectivity index (χ3v) is 4.46. The van der Waals surface area contributed by atoms with E-state index < -0.39 is 5.91 Å². The van der Waals surface area contributed by atoms with Crippen LogP contribution in [0.4, 0.5) is 0 Å². The van der Waals surface area contributed by atoms with Gasteiger partial charge in [-0.3, -0.25) is 9.59 Å². The molecule has 0 bridgehead atoms. The average Bonchev–Trinajstić information content (AvgIpc) is 2.79. The zero-order valence-corrected chi connectivity index (χ0v) is 17.0. The van der Waals surface area contributed by atoms with Gasteiger partial charge in [0.25, 0.3) is 11.8 Å². The molecule has 0 radical (unpaired) electrons. The van der Waals surface area contributed by atoms with Crippen molar-refractivity contribution in [1.29, 1.82) is 0 Å². The fourth-order valence-electron chi connectivity index (χ4n) is 2.80. The van der Waals surface area contributed by atoms with E-state index in [1.54, 1.807) is 36.4 Å². The Morgan fingerprint density at radius 1 is 1.00 bits per heavy atom. The molecule has 0 saturated heterocycles. The highest BCUT2D eigenvalue weighted by molar-refractivity contribution is 5.97. The van der Waals surface area contributed by atoms with Gasteiger partial charge in [-0.15, -0.1) is 0 Å². The topological polar surface area (TPSA) is 100 Å². The Bertz CT molecular complexity index is 1050. The second-order valence-electron chi connectivity index (χ2n) is 6.77. The Kier molecular flexibility index (Phi) is 7.37. The van der Waals surface area contributed by atoms with Gasteiger partial charge in [0.05, 0.1) is 17.8 Å². The van der Waals surface area contributed by atoms with Crippen LogP contribution >= 0.6 is 0 Å². The third-order valence-electron chi connectivity index (χ3n) is 4.46. The van der Waals surface area contributed by atoms with E-state index in [0.29, 0.717) is 5.75 Å². The molecule has 1 atom stereocenters. The van der Waals surface area contributed by atoms with Crippen LogP contribution in [-0.4, -0.2) is 29.7 Å². The minimum atomic E-state index is -0.509. The first-order chi connectivity index (χ1) is 15.0. The Morgan fingerprint density at radius 2 is 1.68 bits per heavy atom. The SMILES string of the molecule is C[C@H](NC(=O)COc1ccc(/C=N\NC(=O)c2ccccc2O)cc1)c1ccccc1. The van der Waals surface area contributed by atoms with E-state index in [1.807, 2.05) is 37.3 Å². The van der Waals surface area contributed by atoms with Crippen LogP contribution in [0.5, 0.6) is 11.5 Å². The van der Waals surface area contributed by atoms with Crippen molar-refractivity contribution in [3.8, 4) is 11.5 Å². The molecule has 0 aromatic heterocycles. The van der Waals surface area contributed by atoms with Crippen LogP contribution in [0.15, 0.2) is 84.0 Å². The number of nitrogens with zero attached hydrogens (tertiary/aromatic N) is 1. The molecule has 2 amide bonds. The number of phenols is 1. The molecule has 0 aliphatic heterocycles. The summed E-state index contributed by atoms with van der Waals surface area (Å²) >= 11 is 0. The molecular formula is C24H23N3O4. The molecule has 0 fully saturated rings. The van der Waals surface area contributed by atoms with Crippen LogP contribution in [0.2, 0.25) is 0 Å². The van der Waals surface area contributed by atoms with Crippen molar-refractivity contribution in [1.82, 2.24) is 10.7 Å². The summed E-state index contributed by atoms with van der Waals surface area (Å²) in [6.45, 7) is 1.82. The fraction of sp³-hybridized carbons (Fsp3) is 0.125. The molecule has 158 valence electrons. The number of aromatic hydroxyl groups is 1. The Hall–Kier alpha value is -4.13. The Balaban J connectivity index is 1.45. The van der Waals surface area contributed by atoms with Gasteiger partial charge in [0, 0.05) is 0 Å². The summed E-state index contributed by atoms with van der Waals surface area (Å²) in [5.74, 6) is -0.296. The van der Waals surface area contributed by atoms with E-state index in [4.69, 9.17) is 4.74 Å². The number of rotatable bonds is 8. The summed E-state index contributed by atoms with van der Waals surface area (Å²) in [5, 5.41) is 16.4. The van der Waals surface area contributed by atoms with Gasteiger partial charge in [-0.05, 0) is 54.4 Å². The van der Waals surface area contributed by atoms with Crippen LogP contribution in [0.25, 0.3) is 0 Å². The van der Waals surface area contributed by atoms with Crippen molar-refractivity contribution in [2.45, 2.75) is 13.0 Å². The maximum Gasteiger partial charge on any atom is 0.275 e. The quantitative estimate of drug-likeness (QED) is 0.386. The number of phenolic OH excluding ortho intramolecular Hbond substituents is 1. The number of carbonyl (C=O) groups is 2. The lowest BCUT2D eigenvalue weighted by Gasteiger charge is -2.14. The number of nitrogens with one attached hydrogen (secondary N) is 2. The molecule has 7 nitrogen and oxygen atoms in total. The number of hydrogen-bond acceptors (Lipinski definition) is 5. The normalized spacial score (nSPS) is 11.6. The highest BCUT2D eigenvalue weighted by Gasteiger charge is 2.10. The lowest BCUT2D eigenvalue weighted by molar-refractivity contribution is -0.123. The van der Waals surface area contributed by atoms with Gasteiger partial charge >= 0.3 is 0 Å². The molecule has 3 rings (SSSR count). The molecule has 0 unspecified atom stereocenters. The highest BCUT2D eigenvalue weighted by Crippen LogP contribution is 2.15. The van der Waals surface area contributed by atoms with Gasteiger partial charge in [0.15, 0.2) is 6.61 Å². The predicted octanol–water partition coefficient (Wildman–Crippen LogP) is 3.41. The first kappa shape index (κ1) is 21.6. The second kappa shape index (κ2) is 10.6. The van der Waals surface area contributed by atoms with Gasteiger partial charge in [-0.1, -0.05) is 42.5 Å². The van der Waals surface area contributed by atoms with E-state index in [2.05, 4.69) is 15.8 Å². The molecule has 0 aliphatic rings. The van der Waals surface area contributed by atoms with Crippen LogP contribution in [0.3, 0.4) is 0 Å². The van der Waals surface area contributed by atoms with E-state index >= 15 is 0 Å². The van der Waals surface area contributed by atoms with Gasteiger partial charge in [-0.25, -0.2) is 5.43 Å². The average molecular weight is 417 g/mol. The molecule has 0 aliphatic carbocycles. The maximum absolute atomic E-state index is 12.1. The summed E-state index contributed by atoms with van der Waals surface area (Å²) in [5.41, 5.74) is 4.25. The van der Waals surface area contributed by atoms with Crippen molar-refractivity contribution < 1.29 is 19.4 Å². The predicted molar refractivity (Wildman–Crippen MR) is 118 cm³/mol. The number of ether oxygens (including phenoxy) is 1. The second-order valence-corrected chi connectivity index (χ2v) is 6.77. The van der Waals surface area contributed by atoms with E-state index in [9.17, 15) is 14.7 Å². The third kappa shape index (κ3) is 6.43. The van der Waals surface area contributed by atoms with Crippen molar-refractivity contribution in [2.75, 3.05) is 6.61 Å². The molecule has 0 heterocycles. The molecule has 31 heavy (non-hydrogen) atoms. The molecule has 7 heteroatoms. The maximum atomic E-state index is 12.1. The van der Waals surface area contributed by atoms with Gasteiger partial charge in [0.2, 0.25) is 0 Å². The number of hydrogen-bond donors (Lipinski definition) is 3. The zero-order valence-electron chi connectivity index (χ0n) is 17.0. The summed E-state index contributed by atoms with van der Waals surface area (Å²) in [4.78, 5) is 24.1. The van der Waals surface area contributed by atoms with E-state index in [1.165, 1.54) is 18.3 Å².